The quantitative estimate of drug-likeness (QED) is 0.143. The minimum atomic E-state index is -4.85. The molecule has 4 heterocycles. The number of anilines is 2. The molecule has 0 saturated carbocycles. The second kappa shape index (κ2) is 17.3. The van der Waals surface area contributed by atoms with Crippen LogP contribution >= 0.6 is 12.2 Å². The van der Waals surface area contributed by atoms with Crippen LogP contribution in [0.15, 0.2) is 54.7 Å². The number of benzene rings is 2. The highest BCUT2D eigenvalue weighted by Gasteiger charge is 2.51. The summed E-state index contributed by atoms with van der Waals surface area (Å²) in [6, 6.07) is 15.5. The molecule has 3 fully saturated rings. The topological polar surface area (TPSA) is 136 Å². The number of hydrogen-bond donors (Lipinski definition) is 1. The van der Waals surface area contributed by atoms with Crippen LogP contribution in [0.5, 0.6) is 5.75 Å². The van der Waals surface area contributed by atoms with E-state index in [0.717, 1.165) is 66.2 Å². The lowest BCUT2D eigenvalue weighted by Gasteiger charge is -2.32. The fraction of sp³-hybridized carbons (Fsp3) is 0.465. The van der Waals surface area contributed by atoms with Gasteiger partial charge in [-0.15, -0.1) is 0 Å². The van der Waals surface area contributed by atoms with Crippen molar-refractivity contribution in [1.29, 1.82) is 5.26 Å². The number of amides is 3. The maximum atomic E-state index is 13.8. The maximum absolute atomic E-state index is 13.8. The van der Waals surface area contributed by atoms with E-state index in [9.17, 15) is 37.6 Å². The Bertz CT molecular complexity index is 2140. The van der Waals surface area contributed by atoms with E-state index < -0.39 is 28.9 Å². The molecule has 0 bridgehead atoms. The average Bonchev–Trinajstić information content (AvgIpc) is 3.34. The zero-order chi connectivity index (χ0) is 41.9. The Kier molecular flexibility index (Phi) is 12.7. The predicted molar refractivity (Wildman–Crippen MR) is 215 cm³/mol. The molecule has 1 aromatic heterocycles. The van der Waals surface area contributed by atoms with E-state index in [-0.39, 0.29) is 40.2 Å². The Morgan fingerprint density at radius 2 is 1.78 bits per heavy atom. The van der Waals surface area contributed by atoms with Crippen molar-refractivity contribution < 1.29 is 37.1 Å². The molecule has 1 unspecified atom stereocenters. The fourth-order valence-electron chi connectivity index (χ4n) is 7.98. The summed E-state index contributed by atoms with van der Waals surface area (Å²) in [4.78, 5) is 59.0. The molecule has 0 radical (unpaired) electrons. The van der Waals surface area contributed by atoms with Gasteiger partial charge in [0.25, 0.3) is 5.91 Å². The number of ether oxygens (including phenoxy) is 1. The van der Waals surface area contributed by atoms with Crippen molar-refractivity contribution >= 4 is 52.2 Å². The Hall–Kier alpha value is -5.20. The monoisotopic (exact) mass is 816 g/mol. The highest BCUT2D eigenvalue weighted by atomic mass is 32.1. The highest BCUT2D eigenvalue weighted by Crippen LogP contribution is 2.41. The van der Waals surface area contributed by atoms with Crippen LogP contribution in [-0.2, 0) is 38.2 Å². The van der Waals surface area contributed by atoms with Crippen LogP contribution in [-0.4, -0.2) is 70.3 Å². The number of carbonyl (C=O) groups excluding carboxylic acids is 4. The third-order valence-corrected chi connectivity index (χ3v) is 11.6. The van der Waals surface area contributed by atoms with Crippen LogP contribution < -0.4 is 19.9 Å². The standard InChI is InChI=1S/C43H47F3N6O5S/c1-26(2)34-21-31(52-41(58)51(40(56)42(52,3)4)32-22-35(43(44,45)46)36(23-47)48-24-32)9-10-37(34)57-17-14-27-12-15-50(16-13-27)25-33(53)20-29-7-5-6-28(18-29)19-30-8-11-38(54)49-39(30)55/h5-7,9-10,18,21-22,24,26-27,30H,8,11-17,19-20,25H2,1-4H3,(H,49,54,55). The number of likely N-dealkylation sites (tertiary alicyclic amines) is 1. The van der Waals surface area contributed by atoms with E-state index in [2.05, 4.69) is 15.2 Å². The first-order chi connectivity index (χ1) is 27.5. The number of piperidine rings is 2. The van der Waals surface area contributed by atoms with E-state index >= 15 is 0 Å². The third-order valence-electron chi connectivity index (χ3n) is 11.2. The van der Waals surface area contributed by atoms with Gasteiger partial charge < -0.3 is 9.64 Å². The van der Waals surface area contributed by atoms with Gasteiger partial charge in [-0.1, -0.05) is 38.1 Å². The summed E-state index contributed by atoms with van der Waals surface area (Å²) in [5.41, 5.74) is -0.0913. The molecule has 11 nitrogen and oxygen atoms in total. The molecule has 1 atom stereocenters. The van der Waals surface area contributed by atoms with E-state index in [4.69, 9.17) is 17.0 Å². The molecule has 15 heteroatoms. The van der Waals surface area contributed by atoms with Gasteiger partial charge in [-0.05, 0) is 124 Å². The van der Waals surface area contributed by atoms with E-state index in [1.54, 1.807) is 24.8 Å². The van der Waals surface area contributed by atoms with E-state index in [1.165, 1.54) is 6.07 Å². The summed E-state index contributed by atoms with van der Waals surface area (Å²) in [7, 11) is 0. The molecule has 3 aliphatic heterocycles. The number of rotatable bonds is 13. The Morgan fingerprint density at radius 3 is 2.45 bits per heavy atom. The Morgan fingerprint density at radius 1 is 1.05 bits per heavy atom. The van der Waals surface area contributed by atoms with Crippen molar-refractivity contribution in [2.75, 3.05) is 36.0 Å². The lowest BCUT2D eigenvalue weighted by molar-refractivity contribution is -0.138. The zero-order valence-corrected chi connectivity index (χ0v) is 33.8. The van der Waals surface area contributed by atoms with Gasteiger partial charge in [-0.2, -0.15) is 18.4 Å². The molecule has 58 heavy (non-hydrogen) atoms. The molecule has 3 saturated heterocycles. The normalized spacial score (nSPS) is 19.1. The van der Waals surface area contributed by atoms with Crippen molar-refractivity contribution in [2.45, 2.75) is 90.3 Å². The first kappa shape index (κ1) is 42.4. The minimum absolute atomic E-state index is 0.0118. The Balaban J connectivity index is 1.01. The van der Waals surface area contributed by atoms with Crippen LogP contribution in [0, 0.1) is 23.2 Å². The number of imide groups is 1. The van der Waals surface area contributed by atoms with Crippen LogP contribution in [0.25, 0.3) is 0 Å². The van der Waals surface area contributed by atoms with Gasteiger partial charge in [0.05, 0.1) is 30.6 Å². The fourth-order valence-corrected chi connectivity index (χ4v) is 8.50. The first-order valence-corrected chi connectivity index (χ1v) is 20.0. The molecule has 1 N–H and O–H groups in total. The van der Waals surface area contributed by atoms with Crippen molar-refractivity contribution in [3.05, 3.63) is 82.7 Å². The molecule has 6 rings (SSSR count). The van der Waals surface area contributed by atoms with Gasteiger partial charge in [0.1, 0.15) is 17.4 Å². The van der Waals surface area contributed by atoms with Crippen LogP contribution in [0.1, 0.15) is 93.7 Å². The SMILES string of the molecule is CC(C)c1cc(N2C(=S)N(c3cnc(C#N)c(C(F)(F)F)c3)C(=O)C2(C)C)ccc1OCCC1CCN(CC(=O)Cc2cccc(CC3CCC(=O)NC3=O)c2)CC1. The van der Waals surface area contributed by atoms with Crippen molar-refractivity contribution in [3.8, 4) is 11.8 Å². The maximum Gasteiger partial charge on any atom is 0.419 e. The lowest BCUT2D eigenvalue weighted by Crippen LogP contribution is -2.44. The molecule has 3 aromatic rings. The number of thiocarbonyl (C=S) groups is 1. The number of aromatic nitrogens is 1. The summed E-state index contributed by atoms with van der Waals surface area (Å²) >= 11 is 5.71. The Labute approximate surface area is 341 Å². The van der Waals surface area contributed by atoms with Gasteiger partial charge in [0.15, 0.2) is 16.6 Å². The summed E-state index contributed by atoms with van der Waals surface area (Å²) in [5.74, 6) is 0.0637. The van der Waals surface area contributed by atoms with Gasteiger partial charge in [-0.3, -0.25) is 34.3 Å². The highest BCUT2D eigenvalue weighted by molar-refractivity contribution is 7.81. The summed E-state index contributed by atoms with van der Waals surface area (Å²) < 4.78 is 47.6. The summed E-state index contributed by atoms with van der Waals surface area (Å²) in [5, 5.41) is 11.6. The molecule has 3 amide bonds. The smallest absolute Gasteiger partial charge is 0.419 e. The van der Waals surface area contributed by atoms with Gasteiger partial charge >= 0.3 is 6.18 Å². The number of nitrogens with one attached hydrogen (secondary N) is 1. The molecule has 306 valence electrons. The van der Waals surface area contributed by atoms with Gasteiger partial charge in [-0.25, -0.2) is 4.98 Å². The average molecular weight is 817 g/mol. The summed E-state index contributed by atoms with van der Waals surface area (Å²) in [6.07, 6.45) is 0.656. The number of alkyl halides is 3. The number of ketones is 1. The third kappa shape index (κ3) is 9.40. The van der Waals surface area contributed by atoms with Crippen molar-refractivity contribution in [1.82, 2.24) is 15.2 Å². The molecular weight excluding hydrogens is 770 g/mol. The summed E-state index contributed by atoms with van der Waals surface area (Å²) in [6.45, 7) is 9.84. The molecule has 0 spiro atoms. The minimum Gasteiger partial charge on any atom is -0.493 e. The van der Waals surface area contributed by atoms with E-state index in [1.807, 2.05) is 50.2 Å². The number of hydrogen-bond acceptors (Lipinski definition) is 9. The van der Waals surface area contributed by atoms with Crippen molar-refractivity contribution in [2.24, 2.45) is 11.8 Å². The van der Waals surface area contributed by atoms with Crippen LogP contribution in [0.4, 0.5) is 24.5 Å². The molecular formula is C43H47F3N6O5S. The lowest BCUT2D eigenvalue weighted by atomic mass is 9.90. The predicted octanol–water partition coefficient (Wildman–Crippen LogP) is 6.90. The molecule has 0 aliphatic carbocycles. The number of nitrogens with zero attached hydrogens (tertiary/aromatic N) is 5. The number of carbonyl (C=O) groups is 4. The second-order valence-corrected chi connectivity index (χ2v) is 16.5. The van der Waals surface area contributed by atoms with Crippen LogP contribution in [0.2, 0.25) is 0 Å². The van der Waals surface area contributed by atoms with Crippen LogP contribution in [0.3, 0.4) is 0 Å². The van der Waals surface area contributed by atoms with E-state index in [0.29, 0.717) is 56.2 Å². The first-order valence-electron chi connectivity index (χ1n) is 19.5. The largest absolute Gasteiger partial charge is 0.493 e. The number of nitriles is 1. The zero-order valence-electron chi connectivity index (χ0n) is 33.0. The number of halogens is 3. The number of pyridine rings is 1. The molecule has 3 aliphatic rings. The molecule has 2 aromatic carbocycles. The number of Topliss-reactive ketones (excluding diaryl/α,β-unsaturated/α-hetero) is 1. The van der Waals surface area contributed by atoms with Crippen molar-refractivity contribution in [3.63, 3.8) is 0 Å². The van der Waals surface area contributed by atoms with Gasteiger partial charge in [0, 0.05) is 24.4 Å². The second-order valence-electron chi connectivity index (χ2n) is 16.1. The van der Waals surface area contributed by atoms with Gasteiger partial charge in [0.2, 0.25) is 11.8 Å².